The summed E-state index contributed by atoms with van der Waals surface area (Å²) in [6.45, 7) is 5.89. The number of hydrogen-bond acceptors (Lipinski definition) is 4. The van der Waals surface area contributed by atoms with Crippen molar-refractivity contribution in [2.24, 2.45) is 23.3 Å². The highest BCUT2D eigenvalue weighted by Crippen LogP contribution is 2.17. The summed E-state index contributed by atoms with van der Waals surface area (Å²) in [5.41, 5.74) is 10.3. The Bertz CT molecular complexity index is 132. The Labute approximate surface area is 73.6 Å². The zero-order chi connectivity index (χ0) is 9.94. The Hall–Kier alpha value is -0.160. The number of nitrogens with two attached hydrogens (primary N) is 2. The lowest BCUT2D eigenvalue weighted by molar-refractivity contribution is -0.0928. The molecular weight excluding hydrogens is 156 g/mol. The SMILES string of the molecule is CC(C)CC(C)C(O)C(N)(N)O. The molecule has 0 spiro atoms. The van der Waals surface area contributed by atoms with Crippen molar-refractivity contribution in [2.45, 2.75) is 39.1 Å². The topological polar surface area (TPSA) is 92.5 Å². The Morgan fingerprint density at radius 1 is 1.25 bits per heavy atom. The van der Waals surface area contributed by atoms with Crippen molar-refractivity contribution in [3.05, 3.63) is 0 Å². The van der Waals surface area contributed by atoms with Gasteiger partial charge in [0.05, 0.1) is 0 Å². The van der Waals surface area contributed by atoms with Gasteiger partial charge >= 0.3 is 0 Å². The molecule has 4 heteroatoms. The van der Waals surface area contributed by atoms with Gasteiger partial charge in [-0.3, -0.25) is 11.5 Å². The molecule has 0 aromatic carbocycles. The number of hydrogen-bond donors (Lipinski definition) is 4. The summed E-state index contributed by atoms with van der Waals surface area (Å²) in [5.74, 6) is -1.61. The quantitative estimate of drug-likeness (QED) is 0.438. The van der Waals surface area contributed by atoms with Crippen LogP contribution in [0.3, 0.4) is 0 Å². The summed E-state index contributed by atoms with van der Waals surface area (Å²) in [7, 11) is 0. The molecule has 74 valence electrons. The van der Waals surface area contributed by atoms with Crippen LogP contribution < -0.4 is 11.5 Å². The molecule has 0 fully saturated rings. The zero-order valence-corrected chi connectivity index (χ0v) is 7.99. The molecule has 0 saturated carbocycles. The van der Waals surface area contributed by atoms with Gasteiger partial charge in [0.15, 0.2) is 5.85 Å². The van der Waals surface area contributed by atoms with Crippen LogP contribution in [0.2, 0.25) is 0 Å². The average molecular weight is 176 g/mol. The lowest BCUT2D eigenvalue weighted by atomic mass is 9.91. The second-order valence-electron chi connectivity index (χ2n) is 3.94. The first kappa shape index (κ1) is 11.8. The maximum atomic E-state index is 9.40. The van der Waals surface area contributed by atoms with Crippen LogP contribution in [0.15, 0.2) is 0 Å². The minimum absolute atomic E-state index is 0.0926. The molecule has 2 atom stereocenters. The summed E-state index contributed by atoms with van der Waals surface area (Å²) in [5, 5.41) is 18.5. The first-order valence-electron chi connectivity index (χ1n) is 4.23. The van der Waals surface area contributed by atoms with E-state index < -0.39 is 12.0 Å². The maximum absolute atomic E-state index is 9.40. The molecule has 0 amide bonds. The van der Waals surface area contributed by atoms with Crippen LogP contribution in [0.4, 0.5) is 0 Å². The third-order valence-corrected chi connectivity index (χ3v) is 1.86. The van der Waals surface area contributed by atoms with E-state index in [4.69, 9.17) is 16.6 Å². The lowest BCUT2D eigenvalue weighted by Gasteiger charge is -2.29. The first-order chi connectivity index (χ1) is 5.25. The smallest absolute Gasteiger partial charge is 0.194 e. The monoisotopic (exact) mass is 176 g/mol. The molecule has 0 aliphatic carbocycles. The molecule has 0 aliphatic rings. The Balaban J connectivity index is 4.01. The van der Waals surface area contributed by atoms with Gasteiger partial charge in [-0.1, -0.05) is 20.8 Å². The fourth-order valence-corrected chi connectivity index (χ4v) is 1.33. The first-order valence-corrected chi connectivity index (χ1v) is 4.23. The summed E-state index contributed by atoms with van der Waals surface area (Å²) in [6.07, 6.45) is -0.280. The molecule has 0 aromatic rings. The van der Waals surface area contributed by atoms with E-state index in [9.17, 15) is 5.11 Å². The van der Waals surface area contributed by atoms with Crippen molar-refractivity contribution in [1.82, 2.24) is 0 Å². The van der Waals surface area contributed by atoms with E-state index >= 15 is 0 Å². The van der Waals surface area contributed by atoms with Gasteiger partial charge in [0.1, 0.15) is 6.10 Å². The van der Waals surface area contributed by atoms with Crippen LogP contribution in [0.1, 0.15) is 27.2 Å². The van der Waals surface area contributed by atoms with Crippen molar-refractivity contribution in [2.75, 3.05) is 0 Å². The van der Waals surface area contributed by atoms with Crippen molar-refractivity contribution in [3.63, 3.8) is 0 Å². The van der Waals surface area contributed by atoms with E-state index in [2.05, 4.69) is 0 Å². The van der Waals surface area contributed by atoms with Gasteiger partial charge in [-0.15, -0.1) is 0 Å². The normalized spacial score (nSPS) is 18.0. The largest absolute Gasteiger partial charge is 0.387 e. The molecule has 0 radical (unpaired) electrons. The molecule has 0 aromatic heterocycles. The minimum atomic E-state index is -1.98. The number of aliphatic hydroxyl groups excluding tert-OH is 1. The van der Waals surface area contributed by atoms with Gasteiger partial charge in [-0.25, -0.2) is 0 Å². The second-order valence-corrected chi connectivity index (χ2v) is 3.94. The number of aliphatic hydroxyl groups is 2. The van der Waals surface area contributed by atoms with Gasteiger partial charge in [-0.05, 0) is 18.3 Å². The van der Waals surface area contributed by atoms with Crippen LogP contribution in [0, 0.1) is 11.8 Å². The maximum Gasteiger partial charge on any atom is 0.194 e. The van der Waals surface area contributed by atoms with E-state index in [-0.39, 0.29) is 5.92 Å². The van der Waals surface area contributed by atoms with Crippen LogP contribution in [-0.4, -0.2) is 22.2 Å². The van der Waals surface area contributed by atoms with Gasteiger partial charge in [0.2, 0.25) is 0 Å². The average Bonchev–Trinajstić information content (AvgIpc) is 1.82. The predicted molar refractivity (Wildman–Crippen MR) is 48.0 cm³/mol. The van der Waals surface area contributed by atoms with Crippen molar-refractivity contribution in [3.8, 4) is 0 Å². The number of rotatable bonds is 4. The Morgan fingerprint density at radius 3 is 1.92 bits per heavy atom. The van der Waals surface area contributed by atoms with Gasteiger partial charge in [0.25, 0.3) is 0 Å². The van der Waals surface area contributed by atoms with Crippen molar-refractivity contribution >= 4 is 0 Å². The molecule has 0 bridgehead atoms. The second kappa shape index (κ2) is 4.18. The fraction of sp³-hybridized carbons (Fsp3) is 1.00. The summed E-state index contributed by atoms with van der Waals surface area (Å²) in [4.78, 5) is 0. The molecule has 0 heterocycles. The van der Waals surface area contributed by atoms with Gasteiger partial charge in [-0.2, -0.15) is 0 Å². The van der Waals surface area contributed by atoms with Crippen LogP contribution in [0.5, 0.6) is 0 Å². The fourth-order valence-electron chi connectivity index (χ4n) is 1.33. The Kier molecular flexibility index (Phi) is 4.13. The highest BCUT2D eigenvalue weighted by atomic mass is 16.4. The van der Waals surface area contributed by atoms with Gasteiger partial charge in [0, 0.05) is 0 Å². The van der Waals surface area contributed by atoms with Crippen LogP contribution in [-0.2, 0) is 0 Å². The molecule has 6 N–H and O–H groups in total. The molecule has 0 aliphatic heterocycles. The van der Waals surface area contributed by atoms with E-state index in [1.807, 2.05) is 20.8 Å². The molecule has 12 heavy (non-hydrogen) atoms. The molecule has 2 unspecified atom stereocenters. The highest BCUT2D eigenvalue weighted by molar-refractivity contribution is 4.78. The van der Waals surface area contributed by atoms with Gasteiger partial charge < -0.3 is 10.2 Å². The third kappa shape index (κ3) is 4.01. The van der Waals surface area contributed by atoms with E-state index in [1.165, 1.54) is 0 Å². The molecule has 0 saturated heterocycles. The zero-order valence-electron chi connectivity index (χ0n) is 7.99. The molecular formula is C8H20N2O2. The van der Waals surface area contributed by atoms with E-state index in [1.54, 1.807) is 0 Å². The van der Waals surface area contributed by atoms with Crippen molar-refractivity contribution in [1.29, 1.82) is 0 Å². The molecule has 4 nitrogen and oxygen atoms in total. The summed E-state index contributed by atoms with van der Waals surface area (Å²) in [6, 6.07) is 0. The highest BCUT2D eigenvalue weighted by Gasteiger charge is 2.31. The third-order valence-electron chi connectivity index (χ3n) is 1.86. The van der Waals surface area contributed by atoms with E-state index in [0.29, 0.717) is 5.92 Å². The summed E-state index contributed by atoms with van der Waals surface area (Å²) < 4.78 is 0. The minimum Gasteiger partial charge on any atom is -0.387 e. The molecule has 0 rings (SSSR count). The standard InChI is InChI=1S/C8H20N2O2/c1-5(2)4-6(3)7(11)8(9,10)12/h5-7,11-12H,4,9-10H2,1-3H3. The van der Waals surface area contributed by atoms with Crippen LogP contribution in [0.25, 0.3) is 0 Å². The van der Waals surface area contributed by atoms with Crippen molar-refractivity contribution < 1.29 is 10.2 Å². The van der Waals surface area contributed by atoms with Crippen LogP contribution >= 0.6 is 0 Å². The van der Waals surface area contributed by atoms with E-state index in [0.717, 1.165) is 6.42 Å². The summed E-state index contributed by atoms with van der Waals surface area (Å²) >= 11 is 0. The predicted octanol–water partition coefficient (Wildman–Crippen LogP) is -0.407. The Morgan fingerprint density at radius 2 is 1.67 bits per heavy atom. The lowest BCUT2D eigenvalue weighted by Crippen LogP contribution is -2.60.